The van der Waals surface area contributed by atoms with E-state index in [1.807, 2.05) is 0 Å². The van der Waals surface area contributed by atoms with Gasteiger partial charge in [0.25, 0.3) is 5.91 Å². The zero-order chi connectivity index (χ0) is 17.0. The molecule has 1 aliphatic rings. The summed E-state index contributed by atoms with van der Waals surface area (Å²) in [4.78, 5) is 24.2. The van der Waals surface area contributed by atoms with Gasteiger partial charge in [0, 0.05) is 24.6 Å². The van der Waals surface area contributed by atoms with Crippen LogP contribution in [0.1, 0.15) is 23.4 Å². The van der Waals surface area contributed by atoms with Crippen molar-refractivity contribution in [2.45, 2.75) is 18.4 Å². The molecule has 1 saturated heterocycles. The molecule has 2 heterocycles. The van der Waals surface area contributed by atoms with Gasteiger partial charge in [-0.2, -0.15) is 0 Å². The van der Waals surface area contributed by atoms with Crippen molar-refractivity contribution in [3.63, 3.8) is 0 Å². The van der Waals surface area contributed by atoms with E-state index in [0.29, 0.717) is 37.4 Å². The molecular formula is C17H20ClN3O4. The average Bonchev–Trinajstić information content (AvgIpc) is 3.12. The lowest BCUT2D eigenvalue weighted by Gasteiger charge is -2.31. The standard InChI is InChI=1S/C17H19N3O4.ClH/c18-17(7-10-23-11-8-17)16(22)20-13-5-3-12(4-6-13)19-15(21)14-2-1-9-24-14;/h1-6,9H,7-8,10-11,18H2,(H,19,21)(H,20,22);1H. The summed E-state index contributed by atoms with van der Waals surface area (Å²) in [6, 6.07) is 10.0. The van der Waals surface area contributed by atoms with Crippen LogP contribution in [0, 0.1) is 0 Å². The monoisotopic (exact) mass is 365 g/mol. The van der Waals surface area contributed by atoms with E-state index in [0.717, 1.165) is 0 Å². The fourth-order valence-corrected chi connectivity index (χ4v) is 2.46. The Hall–Kier alpha value is -2.35. The van der Waals surface area contributed by atoms with Crippen molar-refractivity contribution >= 4 is 35.6 Å². The number of nitrogens with one attached hydrogen (secondary N) is 2. The van der Waals surface area contributed by atoms with E-state index in [1.165, 1.54) is 6.26 Å². The molecule has 0 aliphatic carbocycles. The lowest BCUT2D eigenvalue weighted by atomic mass is 9.90. The maximum atomic E-state index is 12.3. The minimum atomic E-state index is -0.898. The molecule has 134 valence electrons. The van der Waals surface area contributed by atoms with Gasteiger partial charge in [0.05, 0.1) is 6.26 Å². The highest BCUT2D eigenvalue weighted by Crippen LogP contribution is 2.21. The molecule has 0 radical (unpaired) electrons. The number of carbonyl (C=O) groups is 2. The number of hydrogen-bond donors (Lipinski definition) is 3. The molecule has 8 heteroatoms. The molecule has 0 saturated carbocycles. The molecular weight excluding hydrogens is 346 g/mol. The first-order valence-electron chi connectivity index (χ1n) is 7.70. The Kier molecular flexibility index (Phi) is 6.19. The molecule has 25 heavy (non-hydrogen) atoms. The van der Waals surface area contributed by atoms with Crippen LogP contribution in [0.2, 0.25) is 0 Å². The van der Waals surface area contributed by atoms with Crippen LogP contribution in [0.4, 0.5) is 11.4 Å². The summed E-state index contributed by atoms with van der Waals surface area (Å²) in [5.41, 5.74) is 6.46. The van der Waals surface area contributed by atoms with Crippen LogP contribution in [0.15, 0.2) is 47.1 Å². The first-order chi connectivity index (χ1) is 11.6. The summed E-state index contributed by atoms with van der Waals surface area (Å²) in [6.45, 7) is 0.976. The molecule has 0 bridgehead atoms. The van der Waals surface area contributed by atoms with E-state index < -0.39 is 5.54 Å². The van der Waals surface area contributed by atoms with Gasteiger partial charge in [-0.05, 0) is 49.2 Å². The first kappa shape index (κ1) is 19.0. The molecule has 7 nitrogen and oxygen atoms in total. The van der Waals surface area contributed by atoms with Gasteiger partial charge in [-0.15, -0.1) is 12.4 Å². The van der Waals surface area contributed by atoms with Crippen molar-refractivity contribution in [2.24, 2.45) is 5.73 Å². The Morgan fingerprint density at radius 1 is 1.00 bits per heavy atom. The van der Waals surface area contributed by atoms with Gasteiger partial charge in [-0.1, -0.05) is 0 Å². The Labute approximate surface area is 151 Å². The van der Waals surface area contributed by atoms with Crippen LogP contribution in [0.25, 0.3) is 0 Å². The third-order valence-electron chi connectivity index (χ3n) is 3.98. The van der Waals surface area contributed by atoms with Crippen molar-refractivity contribution in [3.05, 3.63) is 48.4 Å². The quantitative estimate of drug-likeness (QED) is 0.771. The molecule has 1 aromatic carbocycles. The molecule has 0 atom stereocenters. The molecule has 3 rings (SSSR count). The fraction of sp³-hybridized carbons (Fsp3) is 0.294. The van der Waals surface area contributed by atoms with Gasteiger partial charge in [0.2, 0.25) is 5.91 Å². The summed E-state index contributed by atoms with van der Waals surface area (Å²) in [6.07, 6.45) is 2.43. The van der Waals surface area contributed by atoms with Crippen LogP contribution in [0.5, 0.6) is 0 Å². The van der Waals surface area contributed by atoms with Crippen molar-refractivity contribution in [1.82, 2.24) is 0 Å². The molecule has 1 fully saturated rings. The van der Waals surface area contributed by atoms with E-state index in [-0.39, 0.29) is 30.0 Å². The number of nitrogens with two attached hydrogens (primary N) is 1. The van der Waals surface area contributed by atoms with E-state index in [1.54, 1.807) is 36.4 Å². The fourth-order valence-electron chi connectivity index (χ4n) is 2.46. The third-order valence-corrected chi connectivity index (χ3v) is 3.98. The lowest BCUT2D eigenvalue weighted by Crippen LogP contribution is -2.54. The van der Waals surface area contributed by atoms with Crippen molar-refractivity contribution in [2.75, 3.05) is 23.8 Å². The normalized spacial score (nSPS) is 15.7. The number of ether oxygens (including phenoxy) is 1. The van der Waals surface area contributed by atoms with Crippen LogP contribution in [0.3, 0.4) is 0 Å². The summed E-state index contributed by atoms with van der Waals surface area (Å²) >= 11 is 0. The van der Waals surface area contributed by atoms with Gasteiger partial charge in [-0.3, -0.25) is 9.59 Å². The third kappa shape index (κ3) is 4.60. The van der Waals surface area contributed by atoms with Gasteiger partial charge >= 0.3 is 0 Å². The summed E-state index contributed by atoms with van der Waals surface area (Å²) in [5, 5.41) is 5.52. The van der Waals surface area contributed by atoms with Crippen LogP contribution < -0.4 is 16.4 Å². The average molecular weight is 366 g/mol. The van der Waals surface area contributed by atoms with Crippen LogP contribution in [-0.4, -0.2) is 30.6 Å². The predicted molar refractivity (Wildman–Crippen MR) is 96.0 cm³/mol. The zero-order valence-corrected chi connectivity index (χ0v) is 14.3. The van der Waals surface area contributed by atoms with Gasteiger partial charge < -0.3 is 25.5 Å². The van der Waals surface area contributed by atoms with E-state index in [9.17, 15) is 9.59 Å². The Morgan fingerprint density at radius 2 is 1.60 bits per heavy atom. The minimum Gasteiger partial charge on any atom is -0.459 e. The van der Waals surface area contributed by atoms with E-state index >= 15 is 0 Å². The number of rotatable bonds is 4. The highest BCUT2D eigenvalue weighted by Gasteiger charge is 2.35. The highest BCUT2D eigenvalue weighted by atomic mass is 35.5. The minimum absolute atomic E-state index is 0. The van der Waals surface area contributed by atoms with Crippen molar-refractivity contribution in [3.8, 4) is 0 Å². The Bertz CT molecular complexity index is 710. The molecule has 1 aliphatic heterocycles. The van der Waals surface area contributed by atoms with Crippen molar-refractivity contribution < 1.29 is 18.7 Å². The first-order valence-corrected chi connectivity index (χ1v) is 7.70. The molecule has 4 N–H and O–H groups in total. The van der Waals surface area contributed by atoms with E-state index in [2.05, 4.69) is 10.6 Å². The topological polar surface area (TPSA) is 107 Å². The van der Waals surface area contributed by atoms with Gasteiger partial charge in [0.15, 0.2) is 5.76 Å². The lowest BCUT2D eigenvalue weighted by molar-refractivity contribution is -0.124. The summed E-state index contributed by atoms with van der Waals surface area (Å²) < 4.78 is 10.3. The number of furan rings is 1. The Morgan fingerprint density at radius 3 is 2.16 bits per heavy atom. The molecule has 1 aromatic heterocycles. The zero-order valence-electron chi connectivity index (χ0n) is 13.5. The summed E-state index contributed by atoms with van der Waals surface area (Å²) in [5.74, 6) is -0.324. The van der Waals surface area contributed by atoms with Crippen molar-refractivity contribution in [1.29, 1.82) is 0 Å². The van der Waals surface area contributed by atoms with Gasteiger partial charge in [-0.25, -0.2) is 0 Å². The second kappa shape index (κ2) is 8.15. The summed E-state index contributed by atoms with van der Waals surface area (Å²) in [7, 11) is 0. The molecule has 0 spiro atoms. The SMILES string of the molecule is Cl.NC1(C(=O)Nc2ccc(NC(=O)c3ccco3)cc2)CCOCC1. The number of carbonyl (C=O) groups excluding carboxylic acids is 2. The van der Waals surface area contributed by atoms with Crippen LogP contribution in [-0.2, 0) is 9.53 Å². The molecule has 2 amide bonds. The van der Waals surface area contributed by atoms with E-state index in [4.69, 9.17) is 14.9 Å². The number of amides is 2. The molecule has 2 aromatic rings. The van der Waals surface area contributed by atoms with Gasteiger partial charge in [0.1, 0.15) is 5.54 Å². The number of halogens is 1. The number of anilines is 2. The second-order valence-corrected chi connectivity index (χ2v) is 5.73. The van der Waals surface area contributed by atoms with Crippen LogP contribution >= 0.6 is 12.4 Å². The highest BCUT2D eigenvalue weighted by molar-refractivity contribution is 6.02. The molecule has 0 unspecified atom stereocenters. The number of benzene rings is 1. The second-order valence-electron chi connectivity index (χ2n) is 5.73. The number of hydrogen-bond acceptors (Lipinski definition) is 5. The maximum absolute atomic E-state index is 12.3. The largest absolute Gasteiger partial charge is 0.459 e. The Balaban J connectivity index is 0.00000225. The maximum Gasteiger partial charge on any atom is 0.291 e. The smallest absolute Gasteiger partial charge is 0.291 e. The predicted octanol–water partition coefficient (Wildman–Crippen LogP) is 2.40.